The fourth-order valence-electron chi connectivity index (χ4n) is 1.88. The lowest BCUT2D eigenvalue weighted by Gasteiger charge is -2.10. The number of nitrogen functional groups attached to an aromatic ring is 1. The molecule has 0 aromatic heterocycles. The first-order chi connectivity index (χ1) is 11.3. The van der Waals surface area contributed by atoms with Gasteiger partial charge in [0.05, 0.1) is 15.8 Å². The summed E-state index contributed by atoms with van der Waals surface area (Å²) in [7, 11) is 0. The lowest BCUT2D eigenvalue weighted by atomic mass is 10.1. The Kier molecular flexibility index (Phi) is 4.44. The van der Waals surface area contributed by atoms with E-state index in [1.165, 1.54) is 24.3 Å². The van der Waals surface area contributed by atoms with Gasteiger partial charge in [-0.25, -0.2) is 4.39 Å². The third-order valence-electron chi connectivity index (χ3n) is 2.98. The van der Waals surface area contributed by atoms with Crippen LogP contribution in [0, 0.1) is 5.82 Å². The smallest absolute Gasteiger partial charge is 0.310 e. The zero-order valence-electron chi connectivity index (χ0n) is 14.2. The van der Waals surface area contributed by atoms with Crippen molar-refractivity contribution in [2.45, 2.75) is 19.8 Å². The first-order valence-electron chi connectivity index (χ1n) is 7.90. The Morgan fingerprint density at radius 3 is 2.68 bits per heavy atom. The van der Waals surface area contributed by atoms with Crippen LogP contribution in [0.4, 0.5) is 15.8 Å². The summed E-state index contributed by atoms with van der Waals surface area (Å²) in [6, 6.07) is 9.98. The number of benzene rings is 2. The Hall–Kier alpha value is -2.56. The maximum atomic E-state index is 13.0. The maximum absolute atomic E-state index is 13.0. The number of halogens is 1. The molecule has 0 aliphatic heterocycles. The Labute approximate surface area is 131 Å². The molecule has 2 aromatic carbocycles. The average Bonchev–Trinajstić information content (AvgIpc) is 2.50. The van der Waals surface area contributed by atoms with Gasteiger partial charge in [-0.05, 0) is 42.3 Å². The molecule has 2 rings (SSSR count). The van der Waals surface area contributed by atoms with Gasteiger partial charge in [0.15, 0.2) is 0 Å². The van der Waals surface area contributed by atoms with Gasteiger partial charge in [0.25, 0.3) is 0 Å². The summed E-state index contributed by atoms with van der Waals surface area (Å²) in [6.07, 6.45) is 0.0603. The molecule has 0 atom stereocenters. The zero-order valence-corrected chi connectivity index (χ0v) is 12.2. The Bertz CT molecular complexity index is 721. The highest BCUT2D eigenvalue weighted by molar-refractivity contribution is 5.75. The number of ether oxygens (including phenoxy) is 1. The molecule has 116 valence electrons. The molecule has 0 unspecified atom stereocenters. The normalized spacial score (nSPS) is 12.3. The van der Waals surface area contributed by atoms with Crippen molar-refractivity contribution in [2.75, 3.05) is 17.7 Å². The van der Waals surface area contributed by atoms with Crippen LogP contribution in [0.15, 0.2) is 42.5 Å². The first-order valence-corrected chi connectivity index (χ1v) is 6.90. The zero-order chi connectivity index (χ0) is 17.7. The minimum atomic E-state index is -1.90. The van der Waals surface area contributed by atoms with Gasteiger partial charge >= 0.3 is 5.97 Å². The quantitative estimate of drug-likeness (QED) is 0.636. The van der Waals surface area contributed by atoms with Crippen molar-refractivity contribution >= 4 is 17.3 Å². The van der Waals surface area contributed by atoms with Crippen molar-refractivity contribution in [2.24, 2.45) is 0 Å². The van der Waals surface area contributed by atoms with Crippen LogP contribution in [-0.4, -0.2) is 12.6 Å². The summed E-state index contributed by atoms with van der Waals surface area (Å²) in [5, 5.41) is 2.72. The fourth-order valence-corrected chi connectivity index (χ4v) is 1.88. The molecule has 0 saturated carbocycles. The summed E-state index contributed by atoms with van der Waals surface area (Å²) in [5.74, 6) is -0.798. The van der Waals surface area contributed by atoms with E-state index < -0.39 is 12.3 Å². The fraction of sp³-hybridized carbons (Fsp3) is 0.235. The number of nitrogens with one attached hydrogen (secondary N) is 1. The number of carbonyl (C=O) groups excluding carboxylic acids is 1. The van der Waals surface area contributed by atoms with E-state index in [1.807, 2.05) is 0 Å². The predicted octanol–water partition coefficient (Wildman–Crippen LogP) is 3.13. The number of rotatable bonds is 6. The van der Waals surface area contributed by atoms with Crippen LogP contribution in [0.1, 0.15) is 20.8 Å². The molecule has 0 heterocycles. The van der Waals surface area contributed by atoms with Crippen LogP contribution in [-0.2, 0) is 22.4 Å². The Morgan fingerprint density at radius 2 is 2.05 bits per heavy atom. The van der Waals surface area contributed by atoms with E-state index in [2.05, 4.69) is 5.32 Å². The summed E-state index contributed by atoms with van der Waals surface area (Å²) >= 11 is 0. The van der Waals surface area contributed by atoms with Gasteiger partial charge in [-0.3, -0.25) is 4.79 Å². The van der Waals surface area contributed by atoms with Gasteiger partial charge in [0, 0.05) is 17.9 Å². The number of hydrogen-bond acceptors (Lipinski definition) is 4. The monoisotopic (exact) mass is 304 g/mol. The number of esters is 1. The van der Waals surface area contributed by atoms with E-state index in [-0.39, 0.29) is 18.0 Å². The molecule has 2 aromatic rings. The minimum absolute atomic E-state index is 0.0603. The number of hydrogen-bond donors (Lipinski definition) is 2. The van der Waals surface area contributed by atoms with Gasteiger partial charge < -0.3 is 15.8 Å². The van der Waals surface area contributed by atoms with Crippen molar-refractivity contribution in [1.29, 1.82) is 0 Å². The highest BCUT2D eigenvalue weighted by atomic mass is 19.1. The summed E-state index contributed by atoms with van der Waals surface area (Å²) in [4.78, 5) is 11.5. The predicted molar refractivity (Wildman–Crippen MR) is 84.9 cm³/mol. The molecule has 0 spiro atoms. The summed E-state index contributed by atoms with van der Waals surface area (Å²) in [5.41, 5.74) is 7.64. The second-order valence-corrected chi connectivity index (χ2v) is 4.65. The van der Waals surface area contributed by atoms with Crippen molar-refractivity contribution in [3.8, 4) is 0 Å². The summed E-state index contributed by atoms with van der Waals surface area (Å²) in [6.45, 7) is 0.130. The minimum Gasteiger partial charge on any atom is -0.466 e. The molecule has 0 bridgehead atoms. The third-order valence-corrected chi connectivity index (χ3v) is 2.98. The largest absolute Gasteiger partial charge is 0.466 e. The standard InChI is InChI=1S/C17H19FN2O2/c1-2-22-17(21)9-13-5-8-15(10-16(13)19)20-11-12-3-6-14(18)7-4-12/h3-8,10,20H,2,9,11,19H2,1H3/i11D2. The van der Waals surface area contributed by atoms with Gasteiger partial charge in [-0.1, -0.05) is 18.2 Å². The average molecular weight is 304 g/mol. The van der Waals surface area contributed by atoms with Gasteiger partial charge in [-0.2, -0.15) is 0 Å². The summed E-state index contributed by atoms with van der Waals surface area (Å²) < 4.78 is 34.0. The molecule has 0 aliphatic carbocycles. The second kappa shape index (κ2) is 7.45. The highest BCUT2D eigenvalue weighted by Gasteiger charge is 2.08. The molecule has 0 radical (unpaired) electrons. The van der Waals surface area contributed by atoms with Gasteiger partial charge in [0.2, 0.25) is 0 Å². The van der Waals surface area contributed by atoms with Crippen LogP contribution in [0.5, 0.6) is 0 Å². The van der Waals surface area contributed by atoms with Crippen molar-refractivity contribution in [3.63, 3.8) is 0 Å². The molecule has 4 nitrogen and oxygen atoms in total. The molecule has 22 heavy (non-hydrogen) atoms. The van der Waals surface area contributed by atoms with E-state index >= 15 is 0 Å². The molecular weight excluding hydrogens is 283 g/mol. The number of nitrogens with two attached hydrogens (primary N) is 1. The molecule has 5 heteroatoms. The SMILES string of the molecule is [2H]C([2H])(Nc1ccc(CC(=O)OCC)c(N)c1)c1ccc(F)cc1. The van der Waals surface area contributed by atoms with E-state index in [4.69, 9.17) is 13.2 Å². The molecule has 0 amide bonds. The van der Waals surface area contributed by atoms with Crippen LogP contribution in [0.3, 0.4) is 0 Å². The number of anilines is 2. The van der Waals surface area contributed by atoms with E-state index in [0.29, 0.717) is 23.5 Å². The topological polar surface area (TPSA) is 64.3 Å². The van der Waals surface area contributed by atoms with E-state index in [1.54, 1.807) is 25.1 Å². The first kappa shape index (κ1) is 13.1. The van der Waals surface area contributed by atoms with E-state index in [0.717, 1.165) is 0 Å². The Morgan fingerprint density at radius 1 is 1.32 bits per heavy atom. The molecule has 3 N–H and O–H groups in total. The lowest BCUT2D eigenvalue weighted by molar-refractivity contribution is -0.142. The van der Waals surface area contributed by atoms with Crippen molar-refractivity contribution < 1.29 is 16.7 Å². The Balaban J connectivity index is 2.13. The molecule has 0 saturated heterocycles. The van der Waals surface area contributed by atoms with Gasteiger partial charge in [-0.15, -0.1) is 0 Å². The highest BCUT2D eigenvalue weighted by Crippen LogP contribution is 2.19. The van der Waals surface area contributed by atoms with Crippen molar-refractivity contribution in [1.82, 2.24) is 0 Å². The molecule has 0 fully saturated rings. The van der Waals surface area contributed by atoms with E-state index in [9.17, 15) is 9.18 Å². The van der Waals surface area contributed by atoms with Crippen LogP contribution in [0.2, 0.25) is 0 Å². The van der Waals surface area contributed by atoms with Crippen LogP contribution < -0.4 is 11.1 Å². The maximum Gasteiger partial charge on any atom is 0.310 e. The second-order valence-electron chi connectivity index (χ2n) is 4.65. The molecular formula is C17H19FN2O2. The van der Waals surface area contributed by atoms with Crippen LogP contribution >= 0.6 is 0 Å². The van der Waals surface area contributed by atoms with Crippen molar-refractivity contribution in [3.05, 3.63) is 59.4 Å². The third kappa shape index (κ3) is 4.48. The molecule has 0 aliphatic rings. The lowest BCUT2D eigenvalue weighted by Crippen LogP contribution is -2.09. The number of carbonyl (C=O) groups is 1. The van der Waals surface area contributed by atoms with Gasteiger partial charge in [0.1, 0.15) is 5.82 Å². The van der Waals surface area contributed by atoms with Crippen LogP contribution in [0.25, 0.3) is 0 Å².